The maximum atomic E-state index is 12.0. The van der Waals surface area contributed by atoms with E-state index in [1.165, 1.54) is 5.56 Å². The first-order chi connectivity index (χ1) is 12.7. The molecule has 2 saturated heterocycles. The standard InChI is InChI=1S/C20H30N4O2.HI/c1-21-20(23(2)14-17-10-12-26-15-17)22-13-16-6-8-18(9-7-16)24-11-4-3-5-19(24)25;/h6-9,17H,3-5,10-15H2,1-2H3,(H,21,22);1H. The molecule has 7 heteroatoms. The first-order valence-corrected chi connectivity index (χ1v) is 9.56. The van der Waals surface area contributed by atoms with Crippen LogP contribution in [0, 0.1) is 5.92 Å². The molecule has 1 aromatic carbocycles. The molecule has 0 spiro atoms. The molecule has 2 aliphatic rings. The summed E-state index contributed by atoms with van der Waals surface area (Å²) in [5.41, 5.74) is 2.18. The number of halogens is 1. The van der Waals surface area contributed by atoms with Crippen molar-refractivity contribution in [3.8, 4) is 0 Å². The highest BCUT2D eigenvalue weighted by Crippen LogP contribution is 2.21. The highest BCUT2D eigenvalue weighted by atomic mass is 127. The number of hydrogen-bond acceptors (Lipinski definition) is 3. The number of guanidine groups is 1. The summed E-state index contributed by atoms with van der Waals surface area (Å²) < 4.78 is 5.45. The molecule has 0 aromatic heterocycles. The van der Waals surface area contributed by atoms with Gasteiger partial charge in [-0.25, -0.2) is 0 Å². The fourth-order valence-corrected chi connectivity index (χ4v) is 3.64. The highest BCUT2D eigenvalue weighted by Gasteiger charge is 2.20. The molecule has 1 aromatic rings. The molecule has 27 heavy (non-hydrogen) atoms. The van der Waals surface area contributed by atoms with Crippen LogP contribution in [0.25, 0.3) is 0 Å². The maximum Gasteiger partial charge on any atom is 0.226 e. The third kappa shape index (κ3) is 6.07. The number of ether oxygens (including phenoxy) is 1. The van der Waals surface area contributed by atoms with Gasteiger partial charge >= 0.3 is 0 Å². The Morgan fingerprint density at radius 2 is 2.11 bits per heavy atom. The molecule has 0 aliphatic carbocycles. The molecular formula is C20H31IN4O2. The number of carbonyl (C=O) groups excluding carboxylic acids is 1. The molecule has 2 heterocycles. The van der Waals surface area contributed by atoms with Gasteiger partial charge in [0.25, 0.3) is 0 Å². The lowest BCUT2D eigenvalue weighted by Gasteiger charge is -2.27. The van der Waals surface area contributed by atoms with Crippen molar-refractivity contribution in [1.29, 1.82) is 0 Å². The molecule has 2 fully saturated rings. The average Bonchev–Trinajstić information content (AvgIpc) is 3.16. The third-order valence-corrected chi connectivity index (χ3v) is 5.15. The smallest absolute Gasteiger partial charge is 0.226 e. The summed E-state index contributed by atoms with van der Waals surface area (Å²) >= 11 is 0. The molecule has 1 atom stereocenters. The molecule has 1 amide bonds. The van der Waals surface area contributed by atoms with Crippen molar-refractivity contribution in [2.24, 2.45) is 10.9 Å². The summed E-state index contributed by atoms with van der Waals surface area (Å²) in [6.07, 6.45) is 3.89. The minimum absolute atomic E-state index is 0. The van der Waals surface area contributed by atoms with Gasteiger partial charge in [0.1, 0.15) is 0 Å². The van der Waals surface area contributed by atoms with Crippen molar-refractivity contribution in [3.05, 3.63) is 29.8 Å². The largest absolute Gasteiger partial charge is 0.381 e. The Kier molecular flexibility index (Phi) is 8.82. The van der Waals surface area contributed by atoms with Crippen molar-refractivity contribution in [3.63, 3.8) is 0 Å². The zero-order chi connectivity index (χ0) is 18.4. The summed E-state index contributed by atoms with van der Waals surface area (Å²) in [5.74, 6) is 1.71. The molecule has 6 nitrogen and oxygen atoms in total. The minimum Gasteiger partial charge on any atom is -0.381 e. The third-order valence-electron chi connectivity index (χ3n) is 5.15. The van der Waals surface area contributed by atoms with Crippen LogP contribution in [0.3, 0.4) is 0 Å². The van der Waals surface area contributed by atoms with E-state index in [0.717, 1.165) is 57.2 Å². The predicted molar refractivity (Wildman–Crippen MR) is 120 cm³/mol. The number of amides is 1. The SMILES string of the molecule is CN=C(NCc1ccc(N2CCCCC2=O)cc1)N(C)CC1CCOC1.I. The number of benzene rings is 1. The second-order valence-electron chi connectivity index (χ2n) is 7.18. The van der Waals surface area contributed by atoms with Gasteiger partial charge in [0.15, 0.2) is 5.96 Å². The van der Waals surface area contributed by atoms with Crippen molar-refractivity contribution in [1.82, 2.24) is 10.2 Å². The van der Waals surface area contributed by atoms with E-state index in [4.69, 9.17) is 4.74 Å². The van der Waals surface area contributed by atoms with Crippen LogP contribution in [0.4, 0.5) is 5.69 Å². The monoisotopic (exact) mass is 486 g/mol. The minimum atomic E-state index is 0. The molecule has 3 rings (SSSR count). The fraction of sp³-hybridized carbons (Fsp3) is 0.600. The van der Waals surface area contributed by atoms with Crippen molar-refractivity contribution in [2.75, 3.05) is 45.3 Å². The van der Waals surface area contributed by atoms with Crippen LogP contribution in [-0.2, 0) is 16.1 Å². The zero-order valence-corrected chi connectivity index (χ0v) is 18.6. The Labute approximate surface area is 179 Å². The second kappa shape index (κ2) is 10.8. The van der Waals surface area contributed by atoms with Gasteiger partial charge in [-0.05, 0) is 37.0 Å². The van der Waals surface area contributed by atoms with Crippen LogP contribution in [0.1, 0.15) is 31.2 Å². The molecule has 0 radical (unpaired) electrons. The van der Waals surface area contributed by atoms with Crippen LogP contribution in [-0.4, -0.2) is 57.2 Å². The van der Waals surface area contributed by atoms with Gasteiger partial charge in [-0.2, -0.15) is 0 Å². The van der Waals surface area contributed by atoms with E-state index in [1.54, 1.807) is 0 Å². The second-order valence-corrected chi connectivity index (χ2v) is 7.18. The Morgan fingerprint density at radius 3 is 2.74 bits per heavy atom. The quantitative estimate of drug-likeness (QED) is 0.395. The first-order valence-electron chi connectivity index (χ1n) is 9.56. The van der Waals surface area contributed by atoms with Gasteiger partial charge in [0.05, 0.1) is 6.61 Å². The summed E-state index contributed by atoms with van der Waals surface area (Å²) in [4.78, 5) is 20.5. The number of anilines is 1. The van der Waals surface area contributed by atoms with E-state index in [0.29, 0.717) is 18.9 Å². The molecule has 0 saturated carbocycles. The van der Waals surface area contributed by atoms with Gasteiger partial charge in [-0.15, -0.1) is 24.0 Å². The summed E-state index contributed by atoms with van der Waals surface area (Å²) in [7, 11) is 3.88. The number of hydrogen-bond donors (Lipinski definition) is 1. The number of aliphatic imine (C=N–C) groups is 1. The number of piperidine rings is 1. The lowest BCUT2D eigenvalue weighted by Crippen LogP contribution is -2.41. The van der Waals surface area contributed by atoms with Crippen LogP contribution in [0.15, 0.2) is 29.3 Å². The summed E-state index contributed by atoms with van der Waals surface area (Å²) in [6, 6.07) is 8.26. The fourth-order valence-electron chi connectivity index (χ4n) is 3.64. The maximum absolute atomic E-state index is 12.0. The van der Waals surface area contributed by atoms with Gasteiger partial charge in [0, 0.05) is 58.4 Å². The lowest BCUT2D eigenvalue weighted by molar-refractivity contribution is -0.119. The Hall–Kier alpha value is -1.35. The molecule has 150 valence electrons. The highest BCUT2D eigenvalue weighted by molar-refractivity contribution is 14.0. The normalized spacial score (nSPS) is 20.4. The van der Waals surface area contributed by atoms with Gasteiger partial charge in [-0.3, -0.25) is 9.79 Å². The van der Waals surface area contributed by atoms with E-state index in [1.807, 2.05) is 24.1 Å². The molecule has 0 bridgehead atoms. The van der Waals surface area contributed by atoms with E-state index in [2.05, 4.69) is 34.4 Å². The molecule has 1 N–H and O–H groups in total. The number of rotatable bonds is 5. The van der Waals surface area contributed by atoms with Crippen molar-refractivity contribution < 1.29 is 9.53 Å². The first kappa shape index (κ1) is 21.9. The molecule has 1 unspecified atom stereocenters. The van der Waals surface area contributed by atoms with E-state index in [9.17, 15) is 4.79 Å². The number of nitrogens with one attached hydrogen (secondary N) is 1. The predicted octanol–water partition coefficient (Wildman–Crippen LogP) is 2.87. The van der Waals surface area contributed by atoms with Gasteiger partial charge in [0.2, 0.25) is 5.91 Å². The van der Waals surface area contributed by atoms with E-state index < -0.39 is 0 Å². The van der Waals surface area contributed by atoms with E-state index in [-0.39, 0.29) is 29.9 Å². The molecular weight excluding hydrogens is 455 g/mol. The Bertz CT molecular complexity index is 629. The van der Waals surface area contributed by atoms with Crippen molar-refractivity contribution in [2.45, 2.75) is 32.2 Å². The number of nitrogens with zero attached hydrogens (tertiary/aromatic N) is 3. The average molecular weight is 486 g/mol. The van der Waals surface area contributed by atoms with E-state index >= 15 is 0 Å². The van der Waals surface area contributed by atoms with Crippen LogP contribution < -0.4 is 10.2 Å². The van der Waals surface area contributed by atoms with Crippen LogP contribution in [0.2, 0.25) is 0 Å². The van der Waals surface area contributed by atoms with Crippen molar-refractivity contribution >= 4 is 41.5 Å². The summed E-state index contributed by atoms with van der Waals surface area (Å²) in [5, 5.41) is 3.42. The molecule has 2 aliphatic heterocycles. The van der Waals surface area contributed by atoms with Crippen LogP contribution >= 0.6 is 24.0 Å². The summed E-state index contributed by atoms with van der Waals surface area (Å²) in [6.45, 7) is 4.22. The topological polar surface area (TPSA) is 57.2 Å². The lowest BCUT2D eigenvalue weighted by atomic mass is 10.1. The van der Waals surface area contributed by atoms with Gasteiger partial charge in [-0.1, -0.05) is 12.1 Å². The zero-order valence-electron chi connectivity index (χ0n) is 16.3. The van der Waals surface area contributed by atoms with Gasteiger partial charge < -0.3 is 19.9 Å². The number of carbonyl (C=O) groups is 1. The Balaban J connectivity index is 0.00000261. The van der Waals surface area contributed by atoms with Crippen LogP contribution in [0.5, 0.6) is 0 Å². The Morgan fingerprint density at radius 1 is 1.33 bits per heavy atom.